The summed E-state index contributed by atoms with van der Waals surface area (Å²) in [5, 5.41) is 11.5. The standard InChI is InChI=1S/C26H31F3N2O2.ClH/c1-4-30-14-22(21-9-8-20(28)11-24(21)29)23(15-30)25(32)31-12-16(2)26(33,17(3)13-31)18-6-5-7-19(27)10-18;/h5-11,16-17,22-23,33H,4,12-15H2,1-3H3;1H/t16?,17?,22-,23+,26?;/m0./s1. The van der Waals surface area contributed by atoms with Crippen LogP contribution < -0.4 is 0 Å². The summed E-state index contributed by atoms with van der Waals surface area (Å²) in [5.74, 6) is -3.23. The molecule has 2 fully saturated rings. The van der Waals surface area contributed by atoms with Crippen LogP contribution in [0.4, 0.5) is 13.2 Å². The van der Waals surface area contributed by atoms with E-state index in [4.69, 9.17) is 0 Å². The van der Waals surface area contributed by atoms with Crippen LogP contribution in [-0.2, 0) is 10.4 Å². The Morgan fingerprint density at radius 2 is 1.65 bits per heavy atom. The molecule has 4 atom stereocenters. The quantitative estimate of drug-likeness (QED) is 0.674. The van der Waals surface area contributed by atoms with Gasteiger partial charge in [0.1, 0.15) is 17.5 Å². The molecule has 34 heavy (non-hydrogen) atoms. The van der Waals surface area contributed by atoms with E-state index in [0.717, 1.165) is 12.6 Å². The fourth-order valence-electron chi connectivity index (χ4n) is 5.73. The summed E-state index contributed by atoms with van der Waals surface area (Å²) < 4.78 is 41.9. The summed E-state index contributed by atoms with van der Waals surface area (Å²) in [4.78, 5) is 17.5. The van der Waals surface area contributed by atoms with Gasteiger partial charge in [-0.05, 0) is 35.9 Å². The number of carbonyl (C=O) groups excluding carboxylic acids is 1. The van der Waals surface area contributed by atoms with Gasteiger partial charge in [-0.1, -0.05) is 39.0 Å². The van der Waals surface area contributed by atoms with Gasteiger partial charge in [0.05, 0.1) is 11.5 Å². The highest BCUT2D eigenvalue weighted by Crippen LogP contribution is 2.43. The van der Waals surface area contributed by atoms with Crippen LogP contribution >= 0.6 is 12.4 Å². The molecule has 0 aliphatic carbocycles. The van der Waals surface area contributed by atoms with E-state index in [1.807, 2.05) is 20.8 Å². The van der Waals surface area contributed by atoms with E-state index in [9.17, 15) is 23.1 Å². The third-order valence-corrected chi connectivity index (χ3v) is 7.61. The number of rotatable bonds is 4. The Kier molecular flexibility index (Phi) is 8.00. The number of likely N-dealkylation sites (tertiary alicyclic amines) is 2. The largest absolute Gasteiger partial charge is 0.384 e. The number of amides is 1. The summed E-state index contributed by atoms with van der Waals surface area (Å²) in [6, 6.07) is 9.55. The van der Waals surface area contributed by atoms with Crippen LogP contribution in [0.3, 0.4) is 0 Å². The SMILES string of the molecule is CCN1C[C@@H](C(=O)N2CC(C)C(O)(c3cccc(F)c3)C(C)C2)[C@H](c2ccc(F)cc2F)C1.Cl. The van der Waals surface area contributed by atoms with E-state index in [0.29, 0.717) is 37.3 Å². The van der Waals surface area contributed by atoms with Crippen molar-refractivity contribution in [2.75, 3.05) is 32.7 Å². The second-order valence-electron chi connectivity index (χ2n) is 9.61. The van der Waals surface area contributed by atoms with Crippen molar-refractivity contribution in [3.05, 3.63) is 71.0 Å². The van der Waals surface area contributed by atoms with Gasteiger partial charge in [0.2, 0.25) is 5.91 Å². The predicted octanol–water partition coefficient (Wildman–Crippen LogP) is 4.56. The lowest BCUT2D eigenvalue weighted by Gasteiger charge is -2.48. The summed E-state index contributed by atoms with van der Waals surface area (Å²) in [7, 11) is 0. The van der Waals surface area contributed by atoms with Crippen LogP contribution in [0.25, 0.3) is 0 Å². The van der Waals surface area contributed by atoms with Gasteiger partial charge >= 0.3 is 0 Å². The minimum absolute atomic E-state index is 0. The molecule has 0 radical (unpaired) electrons. The van der Waals surface area contributed by atoms with Crippen molar-refractivity contribution in [1.82, 2.24) is 9.80 Å². The molecule has 186 valence electrons. The van der Waals surface area contributed by atoms with Crippen molar-refractivity contribution in [2.24, 2.45) is 17.8 Å². The average Bonchev–Trinajstić information content (AvgIpc) is 3.20. The summed E-state index contributed by atoms with van der Waals surface area (Å²) in [6.07, 6.45) is 0. The first kappa shape index (κ1) is 26.5. The molecule has 4 rings (SSSR count). The molecule has 1 N–H and O–H groups in total. The number of piperidine rings is 1. The van der Waals surface area contributed by atoms with Crippen molar-refractivity contribution < 1.29 is 23.1 Å². The van der Waals surface area contributed by atoms with Crippen LogP contribution in [0.2, 0.25) is 0 Å². The molecule has 8 heteroatoms. The fraction of sp³-hybridized carbons (Fsp3) is 0.500. The maximum absolute atomic E-state index is 14.6. The topological polar surface area (TPSA) is 43.8 Å². The van der Waals surface area contributed by atoms with Crippen molar-refractivity contribution in [3.8, 4) is 0 Å². The lowest BCUT2D eigenvalue weighted by molar-refractivity contribution is -0.152. The van der Waals surface area contributed by atoms with Crippen molar-refractivity contribution in [3.63, 3.8) is 0 Å². The van der Waals surface area contributed by atoms with E-state index < -0.39 is 29.0 Å². The zero-order valence-corrected chi connectivity index (χ0v) is 20.5. The highest BCUT2D eigenvalue weighted by molar-refractivity contribution is 5.85. The second kappa shape index (κ2) is 10.3. The smallest absolute Gasteiger partial charge is 0.227 e. The maximum Gasteiger partial charge on any atom is 0.227 e. The van der Waals surface area contributed by atoms with Gasteiger partial charge in [0.15, 0.2) is 0 Å². The molecule has 2 heterocycles. The number of halogens is 4. The molecular weight excluding hydrogens is 465 g/mol. The van der Waals surface area contributed by atoms with Gasteiger partial charge in [-0.2, -0.15) is 0 Å². The molecular formula is C26H32ClF3N2O2. The predicted molar refractivity (Wildman–Crippen MR) is 127 cm³/mol. The number of benzene rings is 2. The minimum Gasteiger partial charge on any atom is -0.384 e. The molecule has 1 amide bonds. The highest BCUT2D eigenvalue weighted by Gasteiger charge is 2.49. The molecule has 0 spiro atoms. The van der Waals surface area contributed by atoms with Gasteiger partial charge in [-0.15, -0.1) is 12.4 Å². The first-order valence-electron chi connectivity index (χ1n) is 11.6. The Balaban J connectivity index is 0.00000324. The summed E-state index contributed by atoms with van der Waals surface area (Å²) >= 11 is 0. The number of hydrogen-bond acceptors (Lipinski definition) is 3. The van der Waals surface area contributed by atoms with Gasteiger partial charge in [-0.25, -0.2) is 13.2 Å². The molecule has 4 nitrogen and oxygen atoms in total. The molecule has 2 aromatic rings. The second-order valence-corrected chi connectivity index (χ2v) is 9.61. The third kappa shape index (κ3) is 4.70. The average molecular weight is 497 g/mol. The zero-order chi connectivity index (χ0) is 23.9. The fourth-order valence-corrected chi connectivity index (χ4v) is 5.73. The molecule has 2 aromatic carbocycles. The summed E-state index contributed by atoms with van der Waals surface area (Å²) in [5.41, 5.74) is -0.383. The zero-order valence-electron chi connectivity index (χ0n) is 19.7. The van der Waals surface area contributed by atoms with Crippen molar-refractivity contribution >= 4 is 18.3 Å². The molecule has 2 unspecified atom stereocenters. The highest BCUT2D eigenvalue weighted by atomic mass is 35.5. The normalized spacial score (nSPS) is 29.7. The number of hydrogen-bond donors (Lipinski definition) is 1. The third-order valence-electron chi connectivity index (χ3n) is 7.61. The number of carbonyl (C=O) groups is 1. The molecule has 2 aliphatic rings. The monoisotopic (exact) mass is 496 g/mol. The van der Waals surface area contributed by atoms with Crippen LogP contribution in [0, 0.1) is 35.2 Å². The first-order valence-corrected chi connectivity index (χ1v) is 11.6. The Labute approximate surface area is 205 Å². The number of likely N-dealkylation sites (N-methyl/N-ethyl adjacent to an activating group) is 1. The van der Waals surface area contributed by atoms with Gasteiger partial charge in [0.25, 0.3) is 0 Å². The van der Waals surface area contributed by atoms with Crippen LogP contribution in [0.5, 0.6) is 0 Å². The van der Waals surface area contributed by atoms with E-state index >= 15 is 0 Å². The Morgan fingerprint density at radius 1 is 1.00 bits per heavy atom. The molecule has 0 bridgehead atoms. The number of nitrogens with zero attached hydrogens (tertiary/aromatic N) is 2. The van der Waals surface area contributed by atoms with Crippen molar-refractivity contribution in [1.29, 1.82) is 0 Å². The maximum atomic E-state index is 14.6. The van der Waals surface area contributed by atoms with E-state index in [-0.39, 0.29) is 36.1 Å². The molecule has 2 saturated heterocycles. The van der Waals surface area contributed by atoms with E-state index in [1.54, 1.807) is 17.0 Å². The van der Waals surface area contributed by atoms with Gasteiger partial charge in [-0.3, -0.25) is 4.79 Å². The first-order chi connectivity index (χ1) is 15.6. The number of aliphatic hydroxyl groups is 1. The minimum atomic E-state index is -1.26. The molecule has 2 aliphatic heterocycles. The van der Waals surface area contributed by atoms with Crippen LogP contribution in [-0.4, -0.2) is 53.5 Å². The summed E-state index contributed by atoms with van der Waals surface area (Å²) in [6.45, 7) is 8.13. The van der Waals surface area contributed by atoms with Gasteiger partial charge in [0, 0.05) is 50.0 Å². The van der Waals surface area contributed by atoms with Crippen molar-refractivity contribution in [2.45, 2.75) is 32.3 Å². The molecule has 0 aromatic heterocycles. The van der Waals surface area contributed by atoms with Crippen LogP contribution in [0.1, 0.15) is 37.8 Å². The van der Waals surface area contributed by atoms with Crippen LogP contribution in [0.15, 0.2) is 42.5 Å². The van der Waals surface area contributed by atoms with E-state index in [1.165, 1.54) is 24.3 Å². The lowest BCUT2D eigenvalue weighted by atomic mass is 9.70. The van der Waals surface area contributed by atoms with E-state index in [2.05, 4.69) is 4.90 Å². The Bertz CT molecular complexity index is 1020. The van der Waals surface area contributed by atoms with Gasteiger partial charge < -0.3 is 14.9 Å². The molecule has 0 saturated carbocycles. The Hall–Kier alpha value is -2.09. The Morgan fingerprint density at radius 3 is 2.24 bits per heavy atom. The lowest BCUT2D eigenvalue weighted by Crippen LogP contribution is -2.57.